The summed E-state index contributed by atoms with van der Waals surface area (Å²) < 4.78 is 0. The van der Waals surface area contributed by atoms with E-state index in [1.54, 1.807) is 6.07 Å². The van der Waals surface area contributed by atoms with Crippen molar-refractivity contribution in [2.75, 3.05) is 0 Å². The Balaban J connectivity index is -0.0000000759. The van der Waals surface area contributed by atoms with Gasteiger partial charge in [0.25, 0.3) is 6.47 Å². The summed E-state index contributed by atoms with van der Waals surface area (Å²) in [6.45, 7) is 0.103. The normalized spacial score (nSPS) is 8.10. The van der Waals surface area contributed by atoms with Crippen molar-refractivity contribution in [3.8, 4) is 34.5 Å². The first-order valence-electron chi connectivity index (χ1n) is 9.49. The van der Waals surface area contributed by atoms with Crippen LogP contribution in [0.2, 0.25) is 0 Å². The fourth-order valence-electron chi connectivity index (χ4n) is 2.06. The molecule has 0 unspecified atom stereocenters. The number of aromatic hydroxyl groups is 6. The number of nitrogens with zero attached hydrogens (tertiary/aromatic N) is 1. The number of benzene rings is 3. The van der Waals surface area contributed by atoms with E-state index in [9.17, 15) is 4.79 Å². The summed E-state index contributed by atoms with van der Waals surface area (Å²) in [5.74, 6) is 3.19. The van der Waals surface area contributed by atoms with Crippen LogP contribution in [0.25, 0.3) is 0 Å². The molecule has 0 saturated heterocycles. The van der Waals surface area contributed by atoms with Gasteiger partial charge >= 0.3 is 59.1 Å². The number of oxime groups is 1. The average molecular weight is 673 g/mol. The van der Waals surface area contributed by atoms with Gasteiger partial charge in [-0.05, 0) is 30.3 Å². The van der Waals surface area contributed by atoms with Crippen LogP contribution in [-0.4, -0.2) is 60.0 Å². The van der Waals surface area contributed by atoms with E-state index < -0.39 is 0 Å². The fourth-order valence-corrected chi connectivity index (χ4v) is 2.06. The van der Waals surface area contributed by atoms with E-state index in [0.29, 0.717) is 17.4 Å². The molecular formula is C22H28ClN3Na2O12Zn. The Hall–Kier alpha value is -2.18. The zero-order valence-corrected chi connectivity index (χ0v) is 29.8. The summed E-state index contributed by atoms with van der Waals surface area (Å²) in [5.41, 5.74) is 6.43. The predicted octanol–water partition coefficient (Wildman–Crippen LogP) is -5.32. The molecule has 0 aromatic heterocycles. The van der Waals surface area contributed by atoms with Crippen LogP contribution in [0, 0.1) is 0 Å². The molecule has 0 heterocycles. The van der Waals surface area contributed by atoms with Gasteiger partial charge in [0.2, 0.25) is 0 Å². The van der Waals surface area contributed by atoms with Crippen molar-refractivity contribution in [2.24, 2.45) is 16.8 Å². The predicted molar refractivity (Wildman–Crippen MR) is 133 cm³/mol. The molecule has 0 aliphatic heterocycles. The third-order valence-electron chi connectivity index (χ3n) is 3.68. The number of phenols is 6. The molecule has 0 bridgehead atoms. The molecule has 0 atom stereocenters. The Morgan fingerprint density at radius 2 is 1.15 bits per heavy atom. The molecule has 0 fully saturated rings. The quantitative estimate of drug-likeness (QED) is 0.0309. The first kappa shape index (κ1) is 51.6. The molecule has 3 aromatic carbocycles. The molecule has 0 amide bonds. The molecule has 214 valence electrons. The standard InChI is InChI=1S/C7H7NO3.C7H9NO2.C7H6O3.CH2O3.ClH.H3NO.2Na.Zn.H/c9-6-2-1-5(4-8-11)7(10)3-6;2*8-4-5-1-2-6(9)3-7(5)10;2-1-4-3;;1-2;;;;/h1-4,9-11H;1-3,9-10H,4,8H2;1-4,9-10H;1,3H;1H;2H,1H2;;;;/q;;;;;;2*+1;;-1/p-1/b8-4+;;;;;;;;;. The van der Waals surface area contributed by atoms with Crippen molar-refractivity contribution in [2.45, 2.75) is 6.54 Å². The topological polar surface area (TPSA) is 293 Å². The first-order valence-corrected chi connectivity index (χ1v) is 9.49. The molecule has 0 radical (unpaired) electrons. The SMILES string of the molecule is Cl.NCc1ccc(O)cc1O.NO.O/N=C/c1ccc(O)cc1O.O=CO[O-].O=Cc1ccc(O)cc1O.[H-].[Na+].[Na+].[Zn]. The molecule has 3 aromatic rings. The van der Waals surface area contributed by atoms with E-state index in [4.69, 9.17) is 56.8 Å². The van der Waals surface area contributed by atoms with E-state index in [-0.39, 0.29) is 146 Å². The second-order valence-electron chi connectivity index (χ2n) is 6.06. The van der Waals surface area contributed by atoms with Crippen LogP contribution < -0.4 is 76.0 Å². The van der Waals surface area contributed by atoms with E-state index in [1.807, 2.05) is 0 Å². The van der Waals surface area contributed by atoms with Gasteiger partial charge in [0, 0.05) is 55.3 Å². The van der Waals surface area contributed by atoms with Crippen LogP contribution >= 0.6 is 12.4 Å². The molecule has 12 N–H and O–H groups in total. The fraction of sp³-hybridized carbons (Fsp3) is 0.0455. The number of rotatable bonds is 4. The van der Waals surface area contributed by atoms with Crippen LogP contribution in [0.15, 0.2) is 59.8 Å². The summed E-state index contributed by atoms with van der Waals surface area (Å²) in [5, 5.41) is 79.2. The number of hydrogen-bond acceptors (Lipinski definition) is 15. The zero-order chi connectivity index (χ0) is 28.8. The van der Waals surface area contributed by atoms with Crippen molar-refractivity contribution >= 4 is 31.4 Å². The number of carbonyl (C=O) groups is 2. The van der Waals surface area contributed by atoms with Crippen LogP contribution in [0.4, 0.5) is 0 Å². The molecule has 0 aliphatic rings. The van der Waals surface area contributed by atoms with E-state index in [2.05, 4.69) is 15.9 Å². The maximum absolute atomic E-state index is 10.1. The van der Waals surface area contributed by atoms with Crippen molar-refractivity contribution < 1.29 is 141 Å². The first-order chi connectivity index (χ1) is 17.6. The summed E-state index contributed by atoms with van der Waals surface area (Å²) in [6.07, 6.45) is 1.60. The van der Waals surface area contributed by atoms with Gasteiger partial charge in [-0.15, -0.1) is 12.4 Å². The van der Waals surface area contributed by atoms with Crippen molar-refractivity contribution in [3.05, 3.63) is 71.3 Å². The van der Waals surface area contributed by atoms with Crippen LogP contribution in [0.1, 0.15) is 22.9 Å². The molecule has 0 saturated carbocycles. The number of carbonyl (C=O) groups excluding carboxylic acids is 2. The van der Waals surface area contributed by atoms with Crippen LogP contribution in [0.5, 0.6) is 34.5 Å². The number of aldehydes is 1. The molecule has 15 nitrogen and oxygen atoms in total. The van der Waals surface area contributed by atoms with E-state index >= 15 is 0 Å². The van der Waals surface area contributed by atoms with Crippen LogP contribution in [0.3, 0.4) is 0 Å². The molecule has 19 heteroatoms. The average Bonchev–Trinajstić information content (AvgIpc) is 2.88. The van der Waals surface area contributed by atoms with Crippen molar-refractivity contribution in [1.82, 2.24) is 0 Å². The molecule has 41 heavy (non-hydrogen) atoms. The monoisotopic (exact) mass is 671 g/mol. The van der Waals surface area contributed by atoms with Gasteiger partial charge in [-0.2, -0.15) is 0 Å². The number of phenolic OH excluding ortho intramolecular Hbond substituents is 6. The van der Waals surface area contributed by atoms with E-state index in [1.165, 1.54) is 36.4 Å². The van der Waals surface area contributed by atoms with Gasteiger partial charge in [0.15, 0.2) is 6.29 Å². The second-order valence-corrected chi connectivity index (χ2v) is 6.06. The molecule has 0 spiro atoms. The zero-order valence-electron chi connectivity index (χ0n) is 23.1. The van der Waals surface area contributed by atoms with Gasteiger partial charge in [0.05, 0.1) is 11.8 Å². The van der Waals surface area contributed by atoms with Crippen molar-refractivity contribution in [3.63, 3.8) is 0 Å². The minimum Gasteiger partial charge on any atom is -1.00 e. The third-order valence-corrected chi connectivity index (χ3v) is 3.68. The van der Waals surface area contributed by atoms with Gasteiger partial charge in [-0.25, -0.2) is 5.90 Å². The van der Waals surface area contributed by atoms with Gasteiger partial charge < -0.3 is 58.4 Å². The van der Waals surface area contributed by atoms with E-state index in [0.717, 1.165) is 18.3 Å². The smallest absolute Gasteiger partial charge is 1.00 e. The largest absolute Gasteiger partial charge is 1.00 e. The summed E-state index contributed by atoms with van der Waals surface area (Å²) in [6, 6.07) is 12.1. The Morgan fingerprint density at radius 3 is 1.44 bits per heavy atom. The third kappa shape index (κ3) is 24.2. The number of hydrogen-bond donors (Lipinski definition) is 10. The minimum atomic E-state index is -0.199. The second kappa shape index (κ2) is 32.3. The minimum absolute atomic E-state index is 0. The summed E-state index contributed by atoms with van der Waals surface area (Å²) >= 11 is 0. The van der Waals surface area contributed by atoms with Crippen molar-refractivity contribution in [1.29, 1.82) is 0 Å². The van der Waals surface area contributed by atoms with Gasteiger partial charge in [-0.3, -0.25) is 9.59 Å². The number of nitrogens with two attached hydrogens (primary N) is 2. The number of halogens is 1. The maximum atomic E-state index is 10.1. The summed E-state index contributed by atoms with van der Waals surface area (Å²) in [7, 11) is 0. The van der Waals surface area contributed by atoms with Gasteiger partial charge in [0.1, 0.15) is 34.5 Å². The molecule has 0 aliphatic carbocycles. The Bertz CT molecular complexity index is 1140. The Labute approximate surface area is 298 Å². The summed E-state index contributed by atoms with van der Waals surface area (Å²) in [4.78, 5) is 21.3. The maximum Gasteiger partial charge on any atom is 1.00 e. The van der Waals surface area contributed by atoms with Gasteiger partial charge in [-0.1, -0.05) is 11.2 Å². The molecule has 3 rings (SSSR count). The Morgan fingerprint density at radius 1 is 0.780 bits per heavy atom. The molecular weight excluding hydrogens is 645 g/mol. The Kier molecular flexibility index (Phi) is 40.7. The van der Waals surface area contributed by atoms with Crippen LogP contribution in [-0.2, 0) is 35.7 Å².